The number of carbonyl (C=O) groups is 2. The van der Waals surface area contributed by atoms with Crippen molar-refractivity contribution < 1.29 is 32.2 Å². The number of ether oxygens (including phenoxy) is 2. The molecule has 0 bridgehead atoms. The average Bonchev–Trinajstić information content (AvgIpc) is 2.90. The minimum Gasteiger partial charge on any atom is -0.477 e. The molecule has 0 radical (unpaired) electrons. The first-order valence-electron chi connectivity index (χ1n) is 12.0. The molecule has 212 valence electrons. The largest absolute Gasteiger partial charge is 0.477 e. The molecule has 1 aromatic heterocycles. The van der Waals surface area contributed by atoms with Crippen molar-refractivity contribution in [2.45, 2.75) is 52.4 Å². The highest BCUT2D eigenvalue weighted by Gasteiger charge is 2.31. The molecule has 0 aliphatic rings. The number of anilines is 2. The van der Waals surface area contributed by atoms with Crippen LogP contribution in [0, 0.1) is 11.3 Å². The van der Waals surface area contributed by atoms with E-state index >= 15 is 0 Å². The van der Waals surface area contributed by atoms with Crippen LogP contribution in [0.5, 0.6) is 5.88 Å². The number of nitrogens with zero attached hydrogens (tertiary/aromatic N) is 3. The zero-order valence-electron chi connectivity index (χ0n) is 21.0. The van der Waals surface area contributed by atoms with Crippen molar-refractivity contribution in [3.63, 3.8) is 0 Å². The van der Waals surface area contributed by atoms with Crippen molar-refractivity contribution in [1.29, 1.82) is 5.26 Å². The Morgan fingerprint density at radius 3 is 2.45 bits per heavy atom. The molecule has 1 heterocycles. The summed E-state index contributed by atoms with van der Waals surface area (Å²) in [5, 5.41) is 12.5. The van der Waals surface area contributed by atoms with E-state index in [0.29, 0.717) is 0 Å². The molecule has 0 spiro atoms. The van der Waals surface area contributed by atoms with Crippen molar-refractivity contribution in [2.75, 3.05) is 17.7 Å². The molecule has 12 heteroatoms. The Balaban J connectivity index is 0.00000560. The van der Waals surface area contributed by atoms with Crippen LogP contribution in [-0.2, 0) is 33.5 Å². The van der Waals surface area contributed by atoms with Gasteiger partial charge in [0.1, 0.15) is 12.7 Å². The molecule has 3 N–H and O–H groups in total. The quantitative estimate of drug-likeness (QED) is 0.291. The fraction of sp³-hybridized carbons (Fsp3) is 0.321. The number of ketones is 1. The van der Waals surface area contributed by atoms with Gasteiger partial charge in [0.05, 0.1) is 18.2 Å². The van der Waals surface area contributed by atoms with Crippen LogP contribution in [0.15, 0.2) is 54.6 Å². The SMILES string of the molecule is C.CCOc1nc(N)nc(N[C@@H](CCC(=O)OCc2ccccc2)C(=O)Cc2cccc(C(F)(F)F)c2)c1C#N. The van der Waals surface area contributed by atoms with Crippen LogP contribution >= 0.6 is 0 Å². The Morgan fingerprint density at radius 2 is 1.80 bits per heavy atom. The number of aromatic nitrogens is 2. The highest BCUT2D eigenvalue weighted by atomic mass is 19.4. The topological polar surface area (TPSA) is 140 Å². The Hall–Kier alpha value is -4.66. The van der Waals surface area contributed by atoms with Gasteiger partial charge in [-0.15, -0.1) is 0 Å². The third-order valence-electron chi connectivity index (χ3n) is 5.50. The summed E-state index contributed by atoms with van der Waals surface area (Å²) in [6, 6.07) is 14.2. The number of nitrogen functional groups attached to an aromatic ring is 1. The minimum absolute atomic E-state index is 0. The van der Waals surface area contributed by atoms with Gasteiger partial charge in [-0.25, -0.2) is 0 Å². The maximum absolute atomic E-state index is 13.3. The van der Waals surface area contributed by atoms with Gasteiger partial charge >= 0.3 is 12.1 Å². The zero-order valence-corrected chi connectivity index (χ0v) is 21.0. The van der Waals surface area contributed by atoms with Gasteiger partial charge in [-0.3, -0.25) is 9.59 Å². The molecule has 0 fully saturated rings. The van der Waals surface area contributed by atoms with E-state index < -0.39 is 29.5 Å². The minimum atomic E-state index is -4.57. The summed E-state index contributed by atoms with van der Waals surface area (Å²) in [6.45, 7) is 1.89. The third kappa shape index (κ3) is 8.97. The summed E-state index contributed by atoms with van der Waals surface area (Å²) < 4.78 is 50.1. The van der Waals surface area contributed by atoms with E-state index in [4.69, 9.17) is 15.2 Å². The number of nitrogens with two attached hydrogens (primary N) is 1. The number of halogens is 3. The van der Waals surface area contributed by atoms with E-state index in [1.54, 1.807) is 31.2 Å². The number of nitrogens with one attached hydrogen (secondary N) is 1. The lowest BCUT2D eigenvalue weighted by molar-refractivity contribution is -0.145. The van der Waals surface area contributed by atoms with Crippen LogP contribution in [0.4, 0.5) is 24.9 Å². The van der Waals surface area contributed by atoms with Crippen LogP contribution < -0.4 is 15.8 Å². The van der Waals surface area contributed by atoms with Crippen molar-refractivity contribution in [2.24, 2.45) is 0 Å². The van der Waals surface area contributed by atoms with Gasteiger partial charge in [0.25, 0.3) is 0 Å². The predicted molar refractivity (Wildman–Crippen MR) is 142 cm³/mol. The van der Waals surface area contributed by atoms with Gasteiger partial charge in [0.2, 0.25) is 11.8 Å². The molecule has 3 aromatic rings. The van der Waals surface area contributed by atoms with Gasteiger partial charge in [-0.1, -0.05) is 56.0 Å². The van der Waals surface area contributed by atoms with Crippen molar-refractivity contribution >= 4 is 23.5 Å². The molecule has 1 atom stereocenters. The summed E-state index contributed by atoms with van der Waals surface area (Å²) in [7, 11) is 0. The Morgan fingerprint density at radius 1 is 1.10 bits per heavy atom. The number of hydrogen-bond donors (Lipinski definition) is 2. The molecule has 0 aliphatic heterocycles. The fourth-order valence-corrected chi connectivity index (χ4v) is 3.64. The Bertz CT molecular complexity index is 1340. The maximum Gasteiger partial charge on any atom is 0.416 e. The summed E-state index contributed by atoms with van der Waals surface area (Å²) >= 11 is 0. The lowest BCUT2D eigenvalue weighted by Gasteiger charge is -2.20. The molecule has 0 saturated heterocycles. The Kier molecular flexibility index (Phi) is 11.4. The van der Waals surface area contributed by atoms with E-state index in [1.807, 2.05) is 12.1 Å². The number of Topliss-reactive ketones (excluding diaryl/α,β-unsaturated/α-hetero) is 1. The molecule has 40 heavy (non-hydrogen) atoms. The standard InChI is InChI=1S/C27H26F3N5O4.CH4/c1-2-38-25-20(15-31)24(34-26(32)35-25)33-21(11-12-23(37)39-16-17-7-4-3-5-8-17)22(36)14-18-9-6-10-19(13-18)27(28,29)30;/h3-10,13,21H,2,11-12,14,16H2,1H3,(H3,32,33,34,35);1H4/t21-;/m0./s1. The molecule has 0 unspecified atom stereocenters. The first-order valence-corrected chi connectivity index (χ1v) is 12.0. The summed E-state index contributed by atoms with van der Waals surface area (Å²) in [5.74, 6) is -1.56. The number of benzene rings is 2. The first kappa shape index (κ1) is 31.6. The van der Waals surface area contributed by atoms with E-state index in [0.717, 1.165) is 17.7 Å². The number of alkyl halides is 3. The summed E-state index contributed by atoms with van der Waals surface area (Å²) in [6.07, 6.45) is -5.24. The van der Waals surface area contributed by atoms with Crippen LogP contribution in [-0.4, -0.2) is 34.4 Å². The molecular formula is C28H30F3N5O4. The monoisotopic (exact) mass is 557 g/mol. The van der Waals surface area contributed by atoms with Crippen LogP contribution in [0.25, 0.3) is 0 Å². The van der Waals surface area contributed by atoms with Gasteiger partial charge in [-0.05, 0) is 30.5 Å². The lowest BCUT2D eigenvalue weighted by Crippen LogP contribution is -2.33. The molecule has 0 amide bonds. The van der Waals surface area contributed by atoms with Crippen molar-refractivity contribution in [3.8, 4) is 11.9 Å². The molecule has 0 saturated carbocycles. The first-order chi connectivity index (χ1) is 18.6. The molecular weight excluding hydrogens is 527 g/mol. The fourth-order valence-electron chi connectivity index (χ4n) is 3.64. The molecule has 2 aromatic carbocycles. The van der Waals surface area contributed by atoms with E-state index in [9.17, 15) is 28.0 Å². The summed E-state index contributed by atoms with van der Waals surface area (Å²) in [4.78, 5) is 33.6. The Labute approximate surface area is 230 Å². The third-order valence-corrected chi connectivity index (χ3v) is 5.50. The second kappa shape index (κ2) is 14.5. The van der Waals surface area contributed by atoms with E-state index in [2.05, 4.69) is 15.3 Å². The summed E-state index contributed by atoms with van der Waals surface area (Å²) in [5.41, 5.74) is 5.65. The van der Waals surface area contributed by atoms with Gasteiger partial charge in [0.15, 0.2) is 17.2 Å². The van der Waals surface area contributed by atoms with Crippen molar-refractivity contribution in [3.05, 3.63) is 76.9 Å². The normalized spacial score (nSPS) is 11.5. The number of esters is 1. The second-order valence-corrected chi connectivity index (χ2v) is 8.38. The maximum atomic E-state index is 13.3. The van der Waals surface area contributed by atoms with E-state index in [1.165, 1.54) is 12.1 Å². The average molecular weight is 558 g/mol. The van der Waals surface area contributed by atoms with E-state index in [-0.39, 0.29) is 68.7 Å². The van der Waals surface area contributed by atoms with Crippen LogP contribution in [0.2, 0.25) is 0 Å². The van der Waals surface area contributed by atoms with Crippen LogP contribution in [0.1, 0.15) is 49.4 Å². The number of carbonyl (C=O) groups excluding carboxylic acids is 2. The molecule has 0 aliphatic carbocycles. The van der Waals surface area contributed by atoms with Gasteiger partial charge in [-0.2, -0.15) is 28.4 Å². The van der Waals surface area contributed by atoms with Crippen LogP contribution in [0.3, 0.4) is 0 Å². The van der Waals surface area contributed by atoms with Gasteiger partial charge in [0, 0.05) is 12.8 Å². The molecule has 3 rings (SSSR count). The number of rotatable bonds is 12. The molecule has 9 nitrogen and oxygen atoms in total. The number of hydrogen-bond acceptors (Lipinski definition) is 9. The highest BCUT2D eigenvalue weighted by molar-refractivity contribution is 5.89. The zero-order chi connectivity index (χ0) is 28.4. The van der Waals surface area contributed by atoms with Crippen molar-refractivity contribution in [1.82, 2.24) is 9.97 Å². The highest BCUT2D eigenvalue weighted by Crippen LogP contribution is 2.30. The smallest absolute Gasteiger partial charge is 0.416 e. The predicted octanol–water partition coefficient (Wildman–Crippen LogP) is 5.10. The lowest BCUT2D eigenvalue weighted by atomic mass is 9.98. The van der Waals surface area contributed by atoms with Gasteiger partial charge < -0.3 is 20.5 Å². The second-order valence-electron chi connectivity index (χ2n) is 8.38. The number of nitriles is 1.